The number of ketones is 1. The summed E-state index contributed by atoms with van der Waals surface area (Å²) in [5, 5.41) is 0. The monoisotopic (exact) mass is 222 g/mol. The lowest BCUT2D eigenvalue weighted by Gasteiger charge is -2.03. The van der Waals surface area contributed by atoms with E-state index >= 15 is 0 Å². The number of ether oxygens (including phenoxy) is 1. The highest BCUT2D eigenvalue weighted by molar-refractivity contribution is 5.82. The van der Waals surface area contributed by atoms with Crippen LogP contribution in [0.4, 0.5) is 4.39 Å². The van der Waals surface area contributed by atoms with Gasteiger partial charge in [-0.2, -0.15) is 0 Å². The fourth-order valence-corrected chi connectivity index (χ4v) is 1.53. The van der Waals surface area contributed by atoms with Crippen molar-refractivity contribution < 1.29 is 13.9 Å². The molecule has 0 spiro atoms. The van der Waals surface area contributed by atoms with Crippen molar-refractivity contribution in [3.8, 4) is 0 Å². The lowest BCUT2D eigenvalue weighted by molar-refractivity contribution is -0.123. The fraction of sp³-hybridized carbons (Fsp3) is 0.462. The van der Waals surface area contributed by atoms with Crippen molar-refractivity contribution in [1.29, 1.82) is 0 Å². The molecule has 1 fully saturated rings. The number of Topliss-reactive ketones (excluding diaryl/α,β-unsaturated/α-hetero) is 1. The third kappa shape index (κ3) is 3.42. The van der Waals surface area contributed by atoms with Gasteiger partial charge in [0.15, 0.2) is 5.78 Å². The zero-order chi connectivity index (χ0) is 11.4. The van der Waals surface area contributed by atoms with Crippen LogP contribution in [-0.4, -0.2) is 19.0 Å². The van der Waals surface area contributed by atoms with Gasteiger partial charge in [0.1, 0.15) is 12.4 Å². The number of rotatable bonds is 6. The molecule has 0 amide bonds. The van der Waals surface area contributed by atoms with Crippen LogP contribution in [-0.2, 0) is 16.0 Å². The first-order valence-electron chi connectivity index (χ1n) is 5.58. The predicted octanol–water partition coefficient (Wildman–Crippen LogP) is 2.36. The second kappa shape index (κ2) is 5.21. The molecule has 0 saturated heterocycles. The van der Waals surface area contributed by atoms with Crippen LogP contribution in [0.15, 0.2) is 24.3 Å². The minimum absolute atomic E-state index is 0.0641. The van der Waals surface area contributed by atoms with Gasteiger partial charge in [-0.25, -0.2) is 4.39 Å². The molecule has 0 heterocycles. The molecule has 0 radical (unpaired) electrons. The molecule has 2 rings (SSSR count). The van der Waals surface area contributed by atoms with Crippen LogP contribution >= 0.6 is 0 Å². The molecular formula is C13H15FO2. The molecular weight excluding hydrogens is 207 g/mol. The highest BCUT2D eigenvalue weighted by atomic mass is 19.1. The maximum Gasteiger partial charge on any atom is 0.162 e. The first-order valence-corrected chi connectivity index (χ1v) is 5.58. The Morgan fingerprint density at radius 2 is 2.12 bits per heavy atom. The summed E-state index contributed by atoms with van der Waals surface area (Å²) in [6.07, 6.45) is 2.54. The molecule has 0 aliphatic heterocycles. The smallest absolute Gasteiger partial charge is 0.162 e. The van der Waals surface area contributed by atoms with Gasteiger partial charge < -0.3 is 4.74 Å². The summed E-state index contributed by atoms with van der Waals surface area (Å²) in [6, 6.07) is 6.35. The van der Waals surface area contributed by atoms with Crippen LogP contribution in [0.1, 0.15) is 18.4 Å². The molecule has 86 valence electrons. The van der Waals surface area contributed by atoms with E-state index in [4.69, 9.17) is 4.74 Å². The van der Waals surface area contributed by atoms with E-state index in [1.165, 1.54) is 18.9 Å². The summed E-state index contributed by atoms with van der Waals surface area (Å²) >= 11 is 0. The summed E-state index contributed by atoms with van der Waals surface area (Å²) < 4.78 is 18.5. The van der Waals surface area contributed by atoms with Gasteiger partial charge in [0.05, 0.1) is 0 Å². The Bertz CT molecular complexity index is 372. The molecule has 1 aromatic carbocycles. The molecule has 1 saturated carbocycles. The highest BCUT2D eigenvalue weighted by Crippen LogP contribution is 2.28. The molecule has 1 aliphatic rings. The van der Waals surface area contributed by atoms with E-state index in [-0.39, 0.29) is 24.6 Å². The Morgan fingerprint density at radius 3 is 2.81 bits per heavy atom. The van der Waals surface area contributed by atoms with E-state index in [0.29, 0.717) is 18.1 Å². The average Bonchev–Trinajstić information content (AvgIpc) is 3.05. The lowest BCUT2D eigenvalue weighted by atomic mass is 10.1. The number of carbonyl (C=O) groups is 1. The maximum absolute atomic E-state index is 13.2. The number of hydrogen-bond donors (Lipinski definition) is 0. The number of benzene rings is 1. The SMILES string of the molecule is O=C(COCC1CC1)Cc1ccccc1F. The van der Waals surface area contributed by atoms with Crippen molar-refractivity contribution in [2.75, 3.05) is 13.2 Å². The molecule has 0 bridgehead atoms. The van der Waals surface area contributed by atoms with Crippen molar-refractivity contribution in [2.24, 2.45) is 5.92 Å². The van der Waals surface area contributed by atoms with Crippen LogP contribution < -0.4 is 0 Å². The average molecular weight is 222 g/mol. The largest absolute Gasteiger partial charge is 0.373 e. The van der Waals surface area contributed by atoms with Crippen LogP contribution in [0.2, 0.25) is 0 Å². The summed E-state index contributed by atoms with van der Waals surface area (Å²) in [4.78, 5) is 11.5. The Hall–Kier alpha value is -1.22. The molecule has 0 aromatic heterocycles. The third-order valence-corrected chi connectivity index (χ3v) is 2.66. The van der Waals surface area contributed by atoms with E-state index in [2.05, 4.69) is 0 Å². The predicted molar refractivity (Wildman–Crippen MR) is 58.7 cm³/mol. The van der Waals surface area contributed by atoms with E-state index in [9.17, 15) is 9.18 Å². The van der Waals surface area contributed by atoms with Gasteiger partial charge in [0.25, 0.3) is 0 Å². The molecule has 16 heavy (non-hydrogen) atoms. The minimum Gasteiger partial charge on any atom is -0.373 e. The molecule has 0 N–H and O–H groups in total. The van der Waals surface area contributed by atoms with Gasteiger partial charge in [-0.1, -0.05) is 18.2 Å². The van der Waals surface area contributed by atoms with E-state index in [1.54, 1.807) is 18.2 Å². The Labute approximate surface area is 94.4 Å². The van der Waals surface area contributed by atoms with Gasteiger partial charge in [-0.15, -0.1) is 0 Å². The Kier molecular flexibility index (Phi) is 3.67. The zero-order valence-corrected chi connectivity index (χ0v) is 9.12. The minimum atomic E-state index is -0.321. The van der Waals surface area contributed by atoms with Crippen molar-refractivity contribution in [3.05, 3.63) is 35.6 Å². The topological polar surface area (TPSA) is 26.3 Å². The van der Waals surface area contributed by atoms with Crippen LogP contribution in [0.5, 0.6) is 0 Å². The van der Waals surface area contributed by atoms with E-state index < -0.39 is 0 Å². The summed E-state index contributed by atoms with van der Waals surface area (Å²) in [6.45, 7) is 0.772. The van der Waals surface area contributed by atoms with Crippen molar-refractivity contribution >= 4 is 5.78 Å². The molecule has 0 unspecified atom stereocenters. The van der Waals surface area contributed by atoms with Crippen molar-refractivity contribution in [3.63, 3.8) is 0 Å². The summed E-state index contributed by atoms with van der Waals surface area (Å²) in [5.41, 5.74) is 0.447. The molecule has 0 atom stereocenters. The second-order valence-corrected chi connectivity index (χ2v) is 4.27. The number of carbonyl (C=O) groups excluding carboxylic acids is 1. The highest BCUT2D eigenvalue weighted by Gasteiger charge is 2.21. The normalized spacial score (nSPS) is 15.1. The molecule has 2 nitrogen and oxygen atoms in total. The molecule has 3 heteroatoms. The van der Waals surface area contributed by atoms with Crippen molar-refractivity contribution in [2.45, 2.75) is 19.3 Å². The Morgan fingerprint density at radius 1 is 1.38 bits per heavy atom. The molecule has 1 aliphatic carbocycles. The standard InChI is InChI=1S/C13H15FO2/c14-13-4-2-1-3-11(13)7-12(15)9-16-8-10-5-6-10/h1-4,10H,5-9H2. The summed E-state index contributed by atoms with van der Waals surface area (Å²) in [5.74, 6) is 0.269. The van der Waals surface area contributed by atoms with E-state index in [0.717, 1.165) is 0 Å². The second-order valence-electron chi connectivity index (χ2n) is 4.27. The first kappa shape index (κ1) is 11.3. The maximum atomic E-state index is 13.2. The number of halogens is 1. The first-order chi connectivity index (χ1) is 7.75. The lowest BCUT2D eigenvalue weighted by Crippen LogP contribution is -2.13. The van der Waals surface area contributed by atoms with Gasteiger partial charge >= 0.3 is 0 Å². The van der Waals surface area contributed by atoms with E-state index in [1.807, 2.05) is 0 Å². The third-order valence-electron chi connectivity index (χ3n) is 2.66. The zero-order valence-electron chi connectivity index (χ0n) is 9.12. The van der Waals surface area contributed by atoms with Gasteiger partial charge in [0, 0.05) is 13.0 Å². The van der Waals surface area contributed by atoms with Crippen molar-refractivity contribution in [1.82, 2.24) is 0 Å². The summed E-state index contributed by atoms with van der Waals surface area (Å²) in [7, 11) is 0. The van der Waals surface area contributed by atoms with Crippen LogP contribution in [0, 0.1) is 11.7 Å². The quantitative estimate of drug-likeness (QED) is 0.738. The van der Waals surface area contributed by atoms with Gasteiger partial charge in [0.2, 0.25) is 0 Å². The van der Waals surface area contributed by atoms with Gasteiger partial charge in [-0.3, -0.25) is 4.79 Å². The number of hydrogen-bond acceptors (Lipinski definition) is 2. The van der Waals surface area contributed by atoms with Crippen LogP contribution in [0.25, 0.3) is 0 Å². The Balaban J connectivity index is 1.75. The fourth-order valence-electron chi connectivity index (χ4n) is 1.53. The molecule has 1 aromatic rings. The van der Waals surface area contributed by atoms with Gasteiger partial charge in [-0.05, 0) is 30.4 Å². The van der Waals surface area contributed by atoms with Crippen LogP contribution in [0.3, 0.4) is 0 Å².